The van der Waals surface area contributed by atoms with Gasteiger partial charge in [0.15, 0.2) is 10.7 Å². The minimum absolute atomic E-state index is 0.0407. The van der Waals surface area contributed by atoms with E-state index in [1.54, 1.807) is 37.8 Å². The molecule has 2 aromatic rings. The number of nitrogens with one attached hydrogen (secondary N) is 2. The first-order valence-corrected chi connectivity index (χ1v) is 15.0. The van der Waals surface area contributed by atoms with Crippen LogP contribution < -0.4 is 14.3 Å². The van der Waals surface area contributed by atoms with Gasteiger partial charge in [0.1, 0.15) is 0 Å². The Labute approximate surface area is 207 Å². The summed E-state index contributed by atoms with van der Waals surface area (Å²) in [7, 11) is -5.83. The number of amides is 1. The maximum Gasteiger partial charge on any atom is 0.278 e. The molecule has 192 valence electrons. The number of rotatable bonds is 5. The fourth-order valence-electron chi connectivity index (χ4n) is 5.18. The Morgan fingerprint density at radius 3 is 2.31 bits per heavy atom. The number of carbonyl (C=O) groups is 1. The van der Waals surface area contributed by atoms with E-state index < -0.39 is 25.6 Å². The van der Waals surface area contributed by atoms with Crippen molar-refractivity contribution in [2.24, 2.45) is 7.05 Å². The van der Waals surface area contributed by atoms with Gasteiger partial charge in [0.05, 0.1) is 6.26 Å². The summed E-state index contributed by atoms with van der Waals surface area (Å²) >= 11 is 0. The molecule has 0 radical (unpaired) electrons. The van der Waals surface area contributed by atoms with E-state index in [0.29, 0.717) is 17.9 Å². The van der Waals surface area contributed by atoms with Gasteiger partial charge in [-0.15, -0.1) is 0 Å². The molecule has 12 heteroatoms. The van der Waals surface area contributed by atoms with Crippen molar-refractivity contribution in [3.8, 4) is 0 Å². The van der Waals surface area contributed by atoms with E-state index in [0.717, 1.165) is 43.9 Å². The highest BCUT2D eigenvalue weighted by Crippen LogP contribution is 2.50. The predicted molar refractivity (Wildman–Crippen MR) is 135 cm³/mol. The molecule has 2 heterocycles. The van der Waals surface area contributed by atoms with E-state index in [4.69, 9.17) is 0 Å². The molecule has 10 nitrogen and oxygen atoms in total. The van der Waals surface area contributed by atoms with Crippen LogP contribution in [0.5, 0.6) is 0 Å². The third-order valence-corrected chi connectivity index (χ3v) is 8.87. The molecule has 1 aliphatic carbocycles. The lowest BCUT2D eigenvalue weighted by Gasteiger charge is -2.34. The maximum absolute atomic E-state index is 13.7. The zero-order chi connectivity index (χ0) is 25.8. The highest BCUT2D eigenvalue weighted by atomic mass is 32.2. The topological polar surface area (TPSA) is 130 Å². The molecular weight excluding hydrogens is 490 g/mol. The first-order valence-electron chi connectivity index (χ1n) is 11.6. The van der Waals surface area contributed by atoms with E-state index in [-0.39, 0.29) is 22.0 Å². The van der Waals surface area contributed by atoms with Crippen LogP contribution in [0.4, 0.5) is 11.4 Å². The van der Waals surface area contributed by atoms with E-state index >= 15 is 0 Å². The molecule has 1 saturated carbocycles. The molecule has 0 atom stereocenters. The number of aromatic nitrogens is 2. The fourth-order valence-corrected chi connectivity index (χ4v) is 7.31. The van der Waals surface area contributed by atoms with E-state index in [1.807, 2.05) is 6.07 Å². The first-order chi connectivity index (χ1) is 16.1. The summed E-state index contributed by atoms with van der Waals surface area (Å²) < 4.78 is 55.6. The number of sulfonamides is 2. The molecule has 2 N–H and O–H groups in total. The quantitative estimate of drug-likeness (QED) is 0.620. The van der Waals surface area contributed by atoms with Gasteiger partial charge >= 0.3 is 0 Å². The van der Waals surface area contributed by atoms with Gasteiger partial charge in [-0.25, -0.2) is 21.6 Å². The molecule has 1 aliphatic heterocycles. The average Bonchev–Trinajstić information content (AvgIpc) is 3.25. The molecule has 1 aromatic heterocycles. The van der Waals surface area contributed by atoms with E-state index in [1.165, 1.54) is 17.8 Å². The van der Waals surface area contributed by atoms with Crippen LogP contribution in [0.15, 0.2) is 29.3 Å². The van der Waals surface area contributed by atoms with Crippen molar-refractivity contribution in [1.82, 2.24) is 14.5 Å². The fraction of sp³-hybridized carbons (Fsp3) is 0.565. The molecule has 0 saturated heterocycles. The average molecular weight is 524 g/mol. The Bertz CT molecular complexity index is 1370. The number of fused-ring (bicyclic) bond motifs is 2. The number of carbonyl (C=O) groups excluding carboxylic acids is 1. The van der Waals surface area contributed by atoms with Crippen LogP contribution in [0.25, 0.3) is 0 Å². The highest BCUT2D eigenvalue weighted by Gasteiger charge is 2.46. The lowest BCUT2D eigenvalue weighted by atomic mass is 9.70. The zero-order valence-corrected chi connectivity index (χ0v) is 22.4. The molecule has 1 fully saturated rings. The van der Waals surface area contributed by atoms with Crippen molar-refractivity contribution in [1.29, 1.82) is 0 Å². The summed E-state index contributed by atoms with van der Waals surface area (Å²) in [6, 6.07) is 6.54. The number of benzene rings is 1. The Hall–Kier alpha value is -2.44. The molecule has 4 rings (SSSR count). The summed E-state index contributed by atoms with van der Waals surface area (Å²) in [5.41, 5.74) is 1.20. The van der Waals surface area contributed by atoms with Gasteiger partial charge in [-0.2, -0.15) is 5.10 Å². The van der Waals surface area contributed by atoms with Crippen LogP contribution in [0, 0.1) is 0 Å². The largest absolute Gasteiger partial charge is 0.306 e. The molecule has 0 bridgehead atoms. The molecule has 2 aliphatic rings. The second kappa shape index (κ2) is 8.59. The summed E-state index contributed by atoms with van der Waals surface area (Å²) in [5.74, 6) is -0.384. The van der Waals surface area contributed by atoms with Gasteiger partial charge in [0.2, 0.25) is 10.0 Å². The SMILES string of the molecule is Cn1nc(C(=O)N2CC3(CCCCC3)c3cc(NS(C)(=O)=O)ccc32)cc1S(=O)(=O)NC(C)(C)C. The zero-order valence-electron chi connectivity index (χ0n) is 20.8. The Balaban J connectivity index is 1.72. The van der Waals surface area contributed by atoms with Gasteiger partial charge < -0.3 is 4.90 Å². The third kappa shape index (κ3) is 5.24. The van der Waals surface area contributed by atoms with Crippen LogP contribution in [-0.2, 0) is 32.5 Å². The van der Waals surface area contributed by atoms with Crippen molar-refractivity contribution in [3.05, 3.63) is 35.5 Å². The van der Waals surface area contributed by atoms with Crippen molar-refractivity contribution >= 4 is 37.3 Å². The van der Waals surface area contributed by atoms with E-state index in [9.17, 15) is 21.6 Å². The summed E-state index contributed by atoms with van der Waals surface area (Å²) in [6.07, 6.45) is 6.06. The third-order valence-electron chi connectivity index (χ3n) is 6.45. The van der Waals surface area contributed by atoms with Gasteiger partial charge in [-0.05, 0) is 57.4 Å². The lowest BCUT2D eigenvalue weighted by Crippen LogP contribution is -2.41. The Kier molecular flexibility index (Phi) is 6.30. The Morgan fingerprint density at radius 1 is 1.06 bits per heavy atom. The molecule has 1 amide bonds. The van der Waals surface area contributed by atoms with Crippen LogP contribution in [0.1, 0.15) is 68.9 Å². The molecule has 0 unspecified atom stereocenters. The number of nitrogens with zero attached hydrogens (tertiary/aromatic N) is 3. The van der Waals surface area contributed by atoms with Crippen LogP contribution in [0.2, 0.25) is 0 Å². The second-order valence-electron chi connectivity index (χ2n) is 10.7. The van der Waals surface area contributed by atoms with Gasteiger partial charge in [-0.1, -0.05) is 19.3 Å². The van der Waals surface area contributed by atoms with Crippen molar-refractivity contribution in [2.45, 2.75) is 68.9 Å². The summed E-state index contributed by atoms with van der Waals surface area (Å²) in [6.45, 7) is 5.67. The van der Waals surface area contributed by atoms with Gasteiger partial charge in [0.25, 0.3) is 15.9 Å². The second-order valence-corrected chi connectivity index (χ2v) is 14.1. The summed E-state index contributed by atoms with van der Waals surface area (Å²) in [4.78, 5) is 15.3. The number of hydrogen-bond donors (Lipinski definition) is 2. The maximum atomic E-state index is 13.7. The standard InChI is InChI=1S/C23H33N5O5S2/c1-22(2,3)26-35(32,33)20-14-18(24-27(20)4)21(29)28-15-23(11-7-6-8-12-23)17-13-16(9-10-19(17)28)25-34(5,30)31/h9-10,13-14,25-26H,6-8,11-12,15H2,1-5H3. The normalized spacial score (nSPS) is 18.0. The van der Waals surface area contributed by atoms with Crippen molar-refractivity contribution in [3.63, 3.8) is 0 Å². The molecule has 1 aromatic carbocycles. The Morgan fingerprint density at radius 2 is 1.71 bits per heavy atom. The monoisotopic (exact) mass is 523 g/mol. The highest BCUT2D eigenvalue weighted by molar-refractivity contribution is 7.92. The van der Waals surface area contributed by atoms with Crippen molar-refractivity contribution in [2.75, 3.05) is 22.4 Å². The van der Waals surface area contributed by atoms with Crippen LogP contribution in [-0.4, -0.2) is 50.9 Å². The van der Waals surface area contributed by atoms with Gasteiger partial charge in [-0.3, -0.25) is 14.2 Å². The minimum atomic E-state index is -3.88. The van der Waals surface area contributed by atoms with E-state index in [2.05, 4.69) is 14.5 Å². The number of anilines is 2. The van der Waals surface area contributed by atoms with Crippen LogP contribution >= 0.6 is 0 Å². The molecule has 35 heavy (non-hydrogen) atoms. The predicted octanol–water partition coefficient (Wildman–Crippen LogP) is 2.73. The molecular formula is C23H33N5O5S2. The summed E-state index contributed by atoms with van der Waals surface area (Å²) in [5, 5.41) is 4.15. The molecule has 1 spiro atoms. The van der Waals surface area contributed by atoms with Crippen molar-refractivity contribution < 1.29 is 21.6 Å². The van der Waals surface area contributed by atoms with Crippen LogP contribution in [0.3, 0.4) is 0 Å². The smallest absolute Gasteiger partial charge is 0.278 e. The minimum Gasteiger partial charge on any atom is -0.306 e. The lowest BCUT2D eigenvalue weighted by molar-refractivity contribution is 0.0977. The first kappa shape index (κ1) is 25.6. The number of hydrogen-bond acceptors (Lipinski definition) is 6. The number of aryl methyl sites for hydroxylation is 1. The van der Waals surface area contributed by atoms with Gasteiger partial charge in [0, 0.05) is 42.0 Å².